The standard InChI is InChI=1S/C21H31N3O3/c1-14(2)18(23-20(26)27-21(4,5)6)19-22-15(3)12-17(25)24(19)13-16-10-8-7-9-11-16/h7-11,14-15,18H,12-13H2,1-6H3,(H,23,26). The molecule has 1 aliphatic heterocycles. The van der Waals surface area contributed by atoms with Gasteiger partial charge in [-0.2, -0.15) is 0 Å². The van der Waals surface area contributed by atoms with Gasteiger partial charge in [0, 0.05) is 6.42 Å². The number of benzene rings is 1. The minimum atomic E-state index is -0.590. The number of aliphatic imine (C=N–C) groups is 1. The molecular weight excluding hydrogens is 342 g/mol. The summed E-state index contributed by atoms with van der Waals surface area (Å²) in [5.41, 5.74) is 0.431. The quantitative estimate of drug-likeness (QED) is 0.854. The number of carbonyl (C=O) groups excluding carboxylic acids is 2. The Hall–Kier alpha value is -2.37. The molecule has 1 aromatic carbocycles. The Balaban J connectivity index is 2.28. The van der Waals surface area contributed by atoms with Gasteiger partial charge in [0.1, 0.15) is 11.4 Å². The Labute approximate surface area is 162 Å². The molecule has 27 heavy (non-hydrogen) atoms. The Kier molecular flexibility index (Phi) is 6.63. The van der Waals surface area contributed by atoms with E-state index in [1.54, 1.807) is 4.90 Å². The molecule has 0 spiro atoms. The van der Waals surface area contributed by atoms with Crippen molar-refractivity contribution in [2.45, 2.75) is 72.2 Å². The summed E-state index contributed by atoms with van der Waals surface area (Å²) in [7, 11) is 0. The lowest BCUT2D eigenvalue weighted by molar-refractivity contribution is -0.129. The van der Waals surface area contributed by atoms with Crippen molar-refractivity contribution >= 4 is 17.8 Å². The van der Waals surface area contributed by atoms with E-state index in [1.807, 2.05) is 71.9 Å². The molecule has 0 bridgehead atoms. The monoisotopic (exact) mass is 373 g/mol. The van der Waals surface area contributed by atoms with Crippen molar-refractivity contribution in [3.63, 3.8) is 0 Å². The molecule has 6 heteroatoms. The summed E-state index contributed by atoms with van der Waals surface area (Å²) >= 11 is 0. The SMILES string of the molecule is CC1CC(=O)N(Cc2ccccc2)C(C(NC(=O)OC(C)(C)C)C(C)C)=N1. The van der Waals surface area contributed by atoms with Gasteiger partial charge in [-0.1, -0.05) is 44.2 Å². The number of nitrogens with one attached hydrogen (secondary N) is 1. The number of carbonyl (C=O) groups is 2. The minimum absolute atomic E-state index is 0.0213. The van der Waals surface area contributed by atoms with Crippen LogP contribution in [0.15, 0.2) is 35.3 Å². The second kappa shape index (κ2) is 8.55. The Morgan fingerprint density at radius 3 is 2.48 bits per heavy atom. The molecule has 0 aliphatic carbocycles. The van der Waals surface area contributed by atoms with Crippen LogP contribution >= 0.6 is 0 Å². The summed E-state index contributed by atoms with van der Waals surface area (Å²) in [4.78, 5) is 31.5. The fourth-order valence-corrected chi connectivity index (χ4v) is 2.98. The van der Waals surface area contributed by atoms with Gasteiger partial charge in [-0.15, -0.1) is 0 Å². The fourth-order valence-electron chi connectivity index (χ4n) is 2.98. The van der Waals surface area contributed by atoms with Crippen molar-refractivity contribution in [3.8, 4) is 0 Å². The van der Waals surface area contributed by atoms with E-state index < -0.39 is 17.7 Å². The third kappa shape index (κ3) is 6.08. The Morgan fingerprint density at radius 1 is 1.30 bits per heavy atom. The van der Waals surface area contributed by atoms with Gasteiger partial charge in [-0.3, -0.25) is 14.7 Å². The van der Waals surface area contributed by atoms with Crippen LogP contribution in [0.1, 0.15) is 53.5 Å². The van der Waals surface area contributed by atoms with E-state index in [4.69, 9.17) is 9.73 Å². The third-order valence-corrected chi connectivity index (χ3v) is 4.20. The first-order valence-corrected chi connectivity index (χ1v) is 9.48. The highest BCUT2D eigenvalue weighted by Crippen LogP contribution is 2.20. The van der Waals surface area contributed by atoms with Crippen LogP contribution in [0.25, 0.3) is 0 Å². The van der Waals surface area contributed by atoms with Crippen molar-refractivity contribution in [2.24, 2.45) is 10.9 Å². The van der Waals surface area contributed by atoms with E-state index in [0.717, 1.165) is 5.56 Å². The number of nitrogens with zero attached hydrogens (tertiary/aromatic N) is 2. The topological polar surface area (TPSA) is 71.0 Å². The highest BCUT2D eigenvalue weighted by molar-refractivity contribution is 6.04. The Bertz CT molecular complexity index is 692. The summed E-state index contributed by atoms with van der Waals surface area (Å²) in [6.07, 6.45) is -0.137. The molecule has 2 atom stereocenters. The lowest BCUT2D eigenvalue weighted by Gasteiger charge is -2.36. The second-order valence-electron chi connectivity index (χ2n) is 8.37. The second-order valence-corrected chi connectivity index (χ2v) is 8.37. The average Bonchev–Trinajstić information content (AvgIpc) is 2.54. The summed E-state index contributed by atoms with van der Waals surface area (Å²) in [5, 5.41) is 2.91. The molecule has 2 amide bonds. The smallest absolute Gasteiger partial charge is 0.408 e. The summed E-state index contributed by atoms with van der Waals surface area (Å²) in [6.45, 7) is 11.8. The molecular formula is C21H31N3O3. The number of amidine groups is 1. The molecule has 1 aromatic rings. The molecule has 0 radical (unpaired) electrons. The maximum absolute atomic E-state index is 12.8. The molecule has 6 nitrogen and oxygen atoms in total. The number of amides is 2. The number of hydrogen-bond donors (Lipinski definition) is 1. The van der Waals surface area contributed by atoms with Crippen LogP contribution in [-0.2, 0) is 16.1 Å². The van der Waals surface area contributed by atoms with Crippen molar-refractivity contribution in [3.05, 3.63) is 35.9 Å². The van der Waals surface area contributed by atoms with Crippen molar-refractivity contribution in [1.82, 2.24) is 10.2 Å². The molecule has 148 valence electrons. The minimum Gasteiger partial charge on any atom is -0.444 e. The van der Waals surface area contributed by atoms with Gasteiger partial charge in [0.25, 0.3) is 0 Å². The molecule has 0 fully saturated rings. The number of rotatable bonds is 5. The van der Waals surface area contributed by atoms with E-state index >= 15 is 0 Å². The van der Waals surface area contributed by atoms with E-state index in [1.165, 1.54) is 0 Å². The van der Waals surface area contributed by atoms with E-state index in [-0.39, 0.29) is 17.9 Å². The number of ether oxygens (including phenoxy) is 1. The molecule has 2 unspecified atom stereocenters. The Morgan fingerprint density at radius 2 is 1.93 bits per heavy atom. The first-order valence-electron chi connectivity index (χ1n) is 9.48. The fraction of sp³-hybridized carbons (Fsp3) is 0.571. The molecule has 0 saturated carbocycles. The van der Waals surface area contributed by atoms with Gasteiger partial charge >= 0.3 is 6.09 Å². The number of alkyl carbamates (subject to hydrolysis) is 1. The van der Waals surface area contributed by atoms with Crippen molar-refractivity contribution < 1.29 is 14.3 Å². The molecule has 0 saturated heterocycles. The lowest BCUT2D eigenvalue weighted by atomic mass is 9.99. The van der Waals surface area contributed by atoms with E-state index in [9.17, 15) is 9.59 Å². The molecule has 1 N–H and O–H groups in total. The molecule has 1 aliphatic rings. The van der Waals surface area contributed by atoms with Crippen LogP contribution in [0.2, 0.25) is 0 Å². The first-order chi connectivity index (χ1) is 12.6. The van der Waals surface area contributed by atoms with Gasteiger partial charge in [-0.25, -0.2) is 4.79 Å². The lowest BCUT2D eigenvalue weighted by Crippen LogP contribution is -2.55. The summed E-state index contributed by atoms with van der Waals surface area (Å²) < 4.78 is 5.41. The largest absolute Gasteiger partial charge is 0.444 e. The molecule has 0 aromatic heterocycles. The van der Waals surface area contributed by atoms with Crippen molar-refractivity contribution in [2.75, 3.05) is 0 Å². The average molecular weight is 373 g/mol. The van der Waals surface area contributed by atoms with Crippen molar-refractivity contribution in [1.29, 1.82) is 0 Å². The van der Waals surface area contributed by atoms with Crippen LogP contribution in [0.5, 0.6) is 0 Å². The predicted molar refractivity (Wildman–Crippen MR) is 107 cm³/mol. The van der Waals surface area contributed by atoms with Crippen LogP contribution in [0.3, 0.4) is 0 Å². The van der Waals surface area contributed by atoms with Gasteiger partial charge in [0.2, 0.25) is 5.91 Å². The van der Waals surface area contributed by atoms with Crippen LogP contribution in [0, 0.1) is 5.92 Å². The maximum Gasteiger partial charge on any atom is 0.408 e. The predicted octanol–water partition coefficient (Wildman–Crippen LogP) is 3.76. The first kappa shape index (κ1) is 20.9. The third-order valence-electron chi connectivity index (χ3n) is 4.20. The van der Waals surface area contributed by atoms with Gasteiger partial charge in [0.05, 0.1) is 18.6 Å². The maximum atomic E-state index is 12.8. The normalized spacial score (nSPS) is 18.9. The van der Waals surface area contributed by atoms with Gasteiger partial charge in [0.15, 0.2) is 0 Å². The van der Waals surface area contributed by atoms with E-state index in [2.05, 4.69) is 5.32 Å². The highest BCUT2D eigenvalue weighted by Gasteiger charge is 2.35. The molecule has 2 rings (SSSR count). The zero-order chi connectivity index (χ0) is 20.2. The van der Waals surface area contributed by atoms with E-state index in [0.29, 0.717) is 18.8 Å². The van der Waals surface area contributed by atoms with Gasteiger partial charge < -0.3 is 10.1 Å². The van der Waals surface area contributed by atoms with Crippen LogP contribution in [-0.4, -0.2) is 40.4 Å². The van der Waals surface area contributed by atoms with Crippen LogP contribution in [0.4, 0.5) is 4.79 Å². The molecule has 1 heterocycles. The highest BCUT2D eigenvalue weighted by atomic mass is 16.6. The zero-order valence-corrected chi connectivity index (χ0v) is 17.2. The summed E-state index contributed by atoms with van der Waals surface area (Å²) in [5.74, 6) is 0.670. The summed E-state index contributed by atoms with van der Waals surface area (Å²) in [6, 6.07) is 9.28. The zero-order valence-electron chi connectivity index (χ0n) is 17.2. The van der Waals surface area contributed by atoms with Crippen LogP contribution < -0.4 is 5.32 Å². The van der Waals surface area contributed by atoms with Gasteiger partial charge in [-0.05, 0) is 39.2 Å². The number of hydrogen-bond acceptors (Lipinski definition) is 4.